The van der Waals surface area contributed by atoms with Crippen LogP contribution in [0.5, 0.6) is 0 Å². The zero-order valence-electron chi connectivity index (χ0n) is 7.99. The SMILES string of the molecule is CC1CC2CC1C1(O)C(=O)NC(=O)C21. The quantitative estimate of drug-likeness (QED) is 0.520. The van der Waals surface area contributed by atoms with Crippen molar-refractivity contribution >= 4 is 11.8 Å². The third-order valence-corrected chi connectivity index (χ3v) is 4.31. The lowest BCUT2D eigenvalue weighted by Crippen LogP contribution is -2.49. The average Bonchev–Trinajstić information content (AvgIpc) is 2.64. The van der Waals surface area contributed by atoms with Gasteiger partial charge < -0.3 is 5.11 Å². The van der Waals surface area contributed by atoms with E-state index < -0.39 is 17.4 Å². The summed E-state index contributed by atoms with van der Waals surface area (Å²) in [6, 6.07) is 0. The van der Waals surface area contributed by atoms with Gasteiger partial charge in [0.25, 0.3) is 5.91 Å². The average molecular weight is 195 g/mol. The number of imide groups is 1. The fourth-order valence-corrected chi connectivity index (χ4v) is 3.79. The van der Waals surface area contributed by atoms with Crippen LogP contribution in [0.25, 0.3) is 0 Å². The highest BCUT2D eigenvalue weighted by Crippen LogP contribution is 2.58. The highest BCUT2D eigenvalue weighted by atomic mass is 16.3. The van der Waals surface area contributed by atoms with E-state index in [1.807, 2.05) is 0 Å². The molecule has 2 saturated carbocycles. The minimum absolute atomic E-state index is 0.0102. The molecule has 1 heterocycles. The van der Waals surface area contributed by atoms with Crippen molar-refractivity contribution in [3.63, 3.8) is 0 Å². The maximum Gasteiger partial charge on any atom is 0.259 e. The number of hydrogen-bond acceptors (Lipinski definition) is 3. The number of fused-ring (bicyclic) bond motifs is 5. The van der Waals surface area contributed by atoms with Gasteiger partial charge in [0.2, 0.25) is 5.91 Å². The topological polar surface area (TPSA) is 66.4 Å². The first-order chi connectivity index (χ1) is 6.55. The van der Waals surface area contributed by atoms with Crippen LogP contribution in [0.15, 0.2) is 0 Å². The number of nitrogens with one attached hydrogen (secondary N) is 1. The van der Waals surface area contributed by atoms with E-state index in [9.17, 15) is 14.7 Å². The van der Waals surface area contributed by atoms with E-state index in [0.29, 0.717) is 5.92 Å². The molecule has 3 fully saturated rings. The Morgan fingerprint density at radius 1 is 1.43 bits per heavy atom. The van der Waals surface area contributed by atoms with Crippen LogP contribution in [0.4, 0.5) is 0 Å². The highest BCUT2D eigenvalue weighted by molar-refractivity contribution is 6.10. The third kappa shape index (κ3) is 0.670. The van der Waals surface area contributed by atoms with Crippen LogP contribution in [0, 0.1) is 23.7 Å². The van der Waals surface area contributed by atoms with E-state index in [2.05, 4.69) is 12.2 Å². The van der Waals surface area contributed by atoms with E-state index in [4.69, 9.17) is 0 Å². The van der Waals surface area contributed by atoms with E-state index in [-0.39, 0.29) is 17.7 Å². The molecule has 3 rings (SSSR count). The lowest BCUT2D eigenvalue weighted by atomic mass is 9.72. The Balaban J connectivity index is 2.10. The van der Waals surface area contributed by atoms with Gasteiger partial charge in [-0.15, -0.1) is 0 Å². The number of aliphatic hydroxyl groups is 1. The summed E-state index contributed by atoms with van der Waals surface area (Å²) < 4.78 is 0. The molecule has 3 aliphatic rings. The largest absolute Gasteiger partial charge is 0.379 e. The van der Waals surface area contributed by atoms with E-state index in [1.165, 1.54) is 0 Å². The molecule has 1 saturated heterocycles. The van der Waals surface area contributed by atoms with Gasteiger partial charge in [-0.3, -0.25) is 14.9 Å². The van der Waals surface area contributed by atoms with Crippen LogP contribution in [0.3, 0.4) is 0 Å². The molecule has 2 N–H and O–H groups in total. The fourth-order valence-electron chi connectivity index (χ4n) is 3.79. The summed E-state index contributed by atoms with van der Waals surface area (Å²) >= 11 is 0. The minimum atomic E-state index is -1.38. The van der Waals surface area contributed by atoms with E-state index in [0.717, 1.165) is 12.8 Å². The summed E-state index contributed by atoms with van der Waals surface area (Å²) in [4.78, 5) is 23.0. The summed E-state index contributed by atoms with van der Waals surface area (Å²) in [6.07, 6.45) is 1.81. The molecule has 5 unspecified atom stereocenters. The summed E-state index contributed by atoms with van der Waals surface area (Å²) in [6.45, 7) is 2.05. The molecule has 1 aliphatic heterocycles. The van der Waals surface area contributed by atoms with Crippen LogP contribution < -0.4 is 5.32 Å². The Morgan fingerprint density at radius 3 is 2.86 bits per heavy atom. The Labute approximate surface area is 81.7 Å². The molecule has 76 valence electrons. The summed E-state index contributed by atoms with van der Waals surface area (Å²) in [5.41, 5.74) is -1.38. The van der Waals surface area contributed by atoms with Gasteiger partial charge in [-0.05, 0) is 24.7 Å². The molecule has 5 atom stereocenters. The summed E-state index contributed by atoms with van der Waals surface area (Å²) in [7, 11) is 0. The Morgan fingerprint density at radius 2 is 2.14 bits per heavy atom. The van der Waals surface area contributed by atoms with Crippen molar-refractivity contribution in [2.45, 2.75) is 25.4 Å². The van der Waals surface area contributed by atoms with E-state index >= 15 is 0 Å². The number of carbonyl (C=O) groups is 2. The molecule has 4 nitrogen and oxygen atoms in total. The first kappa shape index (κ1) is 8.41. The normalized spacial score (nSPS) is 55.0. The van der Waals surface area contributed by atoms with Gasteiger partial charge in [-0.2, -0.15) is 0 Å². The van der Waals surface area contributed by atoms with Gasteiger partial charge in [-0.1, -0.05) is 6.92 Å². The molecular formula is C10H13NO3. The number of carbonyl (C=O) groups excluding carboxylic acids is 2. The molecule has 2 bridgehead atoms. The first-order valence-electron chi connectivity index (χ1n) is 5.12. The monoisotopic (exact) mass is 195 g/mol. The van der Waals surface area contributed by atoms with Crippen LogP contribution in [0.2, 0.25) is 0 Å². The molecule has 0 aromatic heterocycles. The molecule has 0 radical (unpaired) electrons. The van der Waals surface area contributed by atoms with Gasteiger partial charge in [0, 0.05) is 5.92 Å². The minimum Gasteiger partial charge on any atom is -0.379 e. The summed E-state index contributed by atoms with van der Waals surface area (Å²) in [5, 5.41) is 12.6. The summed E-state index contributed by atoms with van der Waals surface area (Å²) in [5.74, 6) is -0.632. The van der Waals surface area contributed by atoms with E-state index in [1.54, 1.807) is 0 Å². The van der Waals surface area contributed by atoms with Crippen molar-refractivity contribution in [2.75, 3.05) is 0 Å². The molecule has 0 aromatic rings. The zero-order chi connectivity index (χ0) is 10.1. The lowest BCUT2D eigenvalue weighted by Gasteiger charge is -2.33. The fraction of sp³-hybridized carbons (Fsp3) is 0.800. The highest BCUT2D eigenvalue weighted by Gasteiger charge is 2.69. The second kappa shape index (κ2) is 2.19. The van der Waals surface area contributed by atoms with Gasteiger partial charge >= 0.3 is 0 Å². The van der Waals surface area contributed by atoms with Crippen molar-refractivity contribution in [3.8, 4) is 0 Å². The van der Waals surface area contributed by atoms with Crippen LogP contribution >= 0.6 is 0 Å². The van der Waals surface area contributed by atoms with Crippen molar-refractivity contribution in [1.29, 1.82) is 0 Å². The number of rotatable bonds is 0. The third-order valence-electron chi connectivity index (χ3n) is 4.31. The molecule has 4 heteroatoms. The maximum absolute atomic E-state index is 11.5. The molecule has 2 amide bonds. The van der Waals surface area contributed by atoms with Gasteiger partial charge in [0.1, 0.15) is 0 Å². The molecule has 14 heavy (non-hydrogen) atoms. The second-order valence-corrected chi connectivity index (χ2v) is 4.94. The first-order valence-corrected chi connectivity index (χ1v) is 5.12. The number of amides is 2. The lowest BCUT2D eigenvalue weighted by molar-refractivity contribution is -0.147. The second-order valence-electron chi connectivity index (χ2n) is 4.94. The molecule has 0 aromatic carbocycles. The van der Waals surface area contributed by atoms with Gasteiger partial charge in [-0.25, -0.2) is 0 Å². The van der Waals surface area contributed by atoms with Gasteiger partial charge in [0.15, 0.2) is 5.60 Å². The molecule has 2 aliphatic carbocycles. The Kier molecular flexibility index (Phi) is 1.31. The van der Waals surface area contributed by atoms with Crippen molar-refractivity contribution in [2.24, 2.45) is 23.7 Å². The van der Waals surface area contributed by atoms with Crippen LogP contribution in [-0.4, -0.2) is 22.5 Å². The smallest absolute Gasteiger partial charge is 0.259 e. The predicted octanol–water partition coefficient (Wildman–Crippen LogP) is -0.334. The Bertz CT molecular complexity index is 340. The standard InChI is InChI=1S/C10H13NO3/c1-4-2-5-3-6(4)10(14)7(5)8(12)11-9(10)13/h4-7,14H,2-3H2,1H3,(H,11,12,13). The molecular weight excluding hydrogens is 182 g/mol. The zero-order valence-corrected chi connectivity index (χ0v) is 7.99. The van der Waals surface area contributed by atoms with Crippen molar-refractivity contribution in [1.82, 2.24) is 5.32 Å². The number of hydrogen-bond donors (Lipinski definition) is 2. The van der Waals surface area contributed by atoms with Crippen LogP contribution in [-0.2, 0) is 9.59 Å². The predicted molar refractivity (Wildman–Crippen MR) is 47.0 cm³/mol. The van der Waals surface area contributed by atoms with Crippen molar-refractivity contribution < 1.29 is 14.7 Å². The molecule has 0 spiro atoms. The van der Waals surface area contributed by atoms with Crippen molar-refractivity contribution in [3.05, 3.63) is 0 Å². The maximum atomic E-state index is 11.5. The van der Waals surface area contributed by atoms with Gasteiger partial charge in [0.05, 0.1) is 5.92 Å². The van der Waals surface area contributed by atoms with Crippen LogP contribution in [0.1, 0.15) is 19.8 Å². The Hall–Kier alpha value is -0.900.